The number of aryl methyl sites for hydroxylation is 1. The van der Waals surface area contributed by atoms with Gasteiger partial charge in [0.05, 0.1) is 18.4 Å². The third kappa shape index (κ3) is 6.49. The maximum atomic E-state index is 12.6. The van der Waals surface area contributed by atoms with Crippen LogP contribution in [0, 0.1) is 6.92 Å². The maximum absolute atomic E-state index is 12.6. The van der Waals surface area contributed by atoms with Crippen LogP contribution in [0.15, 0.2) is 41.3 Å². The smallest absolute Gasteiger partial charge is 0.305 e. The molecule has 1 heterocycles. The van der Waals surface area contributed by atoms with Gasteiger partial charge >= 0.3 is 5.97 Å². The molecule has 0 saturated carbocycles. The summed E-state index contributed by atoms with van der Waals surface area (Å²) in [6.45, 7) is 1.63. The van der Waals surface area contributed by atoms with Gasteiger partial charge in [-0.25, -0.2) is 0 Å². The summed E-state index contributed by atoms with van der Waals surface area (Å²) in [5.41, 5.74) is 2.12. The number of nitrogens with one attached hydrogen (secondary N) is 1. The molecule has 2 amide bonds. The highest BCUT2D eigenvalue weighted by Gasteiger charge is 2.32. The third-order valence-electron chi connectivity index (χ3n) is 4.74. The molecule has 0 aliphatic carbocycles. The SMILES string of the molecule is COc1cc(/C=C2\SC(=S)N(CCC(=O)O)C2=O)ccc1OCC(=O)Nc1cc(Cl)ccc1C. The highest BCUT2D eigenvalue weighted by Crippen LogP contribution is 2.35. The molecule has 2 aromatic carbocycles. The molecule has 2 N–H and O–H groups in total. The number of hydrogen-bond acceptors (Lipinski definition) is 7. The number of carboxylic acid groups (broad SMARTS) is 1. The lowest BCUT2D eigenvalue weighted by Gasteiger charge is -2.13. The number of thiocarbonyl (C=S) groups is 1. The molecular formula is C23H21ClN2O6S2. The average Bonchev–Trinajstić information content (AvgIpc) is 3.05. The number of ether oxygens (including phenoxy) is 2. The highest BCUT2D eigenvalue weighted by atomic mass is 35.5. The van der Waals surface area contributed by atoms with E-state index in [2.05, 4.69) is 5.32 Å². The standard InChI is InChI=1S/C23H21ClN2O6S2/c1-13-3-5-15(24)11-16(13)25-20(27)12-32-17-6-4-14(9-18(17)31-2)10-19-22(30)26(23(33)34-19)8-7-21(28)29/h3-6,9-11H,7-8,12H2,1-2H3,(H,25,27)(H,28,29)/b19-10-. The number of carboxylic acids is 1. The Hall–Kier alpha value is -3.08. The topological polar surface area (TPSA) is 105 Å². The number of benzene rings is 2. The van der Waals surface area contributed by atoms with Gasteiger partial charge in [0.25, 0.3) is 11.8 Å². The zero-order chi connectivity index (χ0) is 24.8. The number of carbonyl (C=O) groups is 3. The first kappa shape index (κ1) is 25.5. The van der Waals surface area contributed by atoms with Crippen molar-refractivity contribution in [1.29, 1.82) is 0 Å². The van der Waals surface area contributed by atoms with Gasteiger partial charge in [0.2, 0.25) is 0 Å². The number of anilines is 1. The van der Waals surface area contributed by atoms with E-state index < -0.39 is 5.97 Å². The Kier molecular flexibility index (Phi) is 8.54. The fourth-order valence-electron chi connectivity index (χ4n) is 3.00. The maximum Gasteiger partial charge on any atom is 0.305 e. The summed E-state index contributed by atoms with van der Waals surface area (Å²) in [5, 5.41) is 12.1. The summed E-state index contributed by atoms with van der Waals surface area (Å²) in [5.74, 6) is -0.978. The van der Waals surface area contributed by atoms with E-state index in [1.807, 2.05) is 6.92 Å². The van der Waals surface area contributed by atoms with Crippen LogP contribution < -0.4 is 14.8 Å². The van der Waals surface area contributed by atoms with Crippen molar-refractivity contribution in [3.05, 3.63) is 57.5 Å². The van der Waals surface area contributed by atoms with Crippen LogP contribution in [0.1, 0.15) is 17.5 Å². The number of aliphatic carboxylic acids is 1. The van der Waals surface area contributed by atoms with Gasteiger partial charge in [-0.3, -0.25) is 19.3 Å². The first-order valence-corrected chi connectivity index (χ1v) is 11.6. The van der Waals surface area contributed by atoms with Gasteiger partial charge in [0.1, 0.15) is 4.32 Å². The molecule has 1 aliphatic heterocycles. The van der Waals surface area contributed by atoms with E-state index in [-0.39, 0.29) is 31.4 Å². The Labute approximate surface area is 210 Å². The van der Waals surface area contributed by atoms with Crippen molar-refractivity contribution in [3.63, 3.8) is 0 Å². The number of hydrogen-bond donors (Lipinski definition) is 2. The van der Waals surface area contributed by atoms with Gasteiger partial charge in [0, 0.05) is 17.3 Å². The summed E-state index contributed by atoms with van der Waals surface area (Å²) < 4.78 is 11.3. The first-order valence-electron chi connectivity index (χ1n) is 10.0. The van der Waals surface area contributed by atoms with Crippen LogP contribution in [0.5, 0.6) is 11.5 Å². The predicted molar refractivity (Wildman–Crippen MR) is 135 cm³/mol. The van der Waals surface area contributed by atoms with E-state index in [9.17, 15) is 14.4 Å². The number of thioether (sulfide) groups is 1. The highest BCUT2D eigenvalue weighted by molar-refractivity contribution is 8.26. The van der Waals surface area contributed by atoms with Crippen LogP contribution in [0.25, 0.3) is 6.08 Å². The lowest BCUT2D eigenvalue weighted by Crippen LogP contribution is -2.30. The van der Waals surface area contributed by atoms with Crippen LogP contribution in [-0.2, 0) is 14.4 Å². The lowest BCUT2D eigenvalue weighted by molar-refractivity contribution is -0.137. The molecule has 0 radical (unpaired) electrons. The molecule has 8 nitrogen and oxygen atoms in total. The zero-order valence-electron chi connectivity index (χ0n) is 18.3. The van der Waals surface area contributed by atoms with E-state index in [4.69, 9.17) is 38.4 Å². The van der Waals surface area contributed by atoms with Crippen molar-refractivity contribution in [2.24, 2.45) is 0 Å². The second kappa shape index (κ2) is 11.4. The van der Waals surface area contributed by atoms with Crippen molar-refractivity contribution in [3.8, 4) is 11.5 Å². The van der Waals surface area contributed by atoms with Gasteiger partial charge in [-0.05, 0) is 48.4 Å². The van der Waals surface area contributed by atoms with Crippen molar-refractivity contribution < 1.29 is 29.0 Å². The van der Waals surface area contributed by atoms with Crippen molar-refractivity contribution in [2.75, 3.05) is 25.6 Å². The minimum absolute atomic E-state index is 0.0181. The number of methoxy groups -OCH3 is 1. The Morgan fingerprint density at radius 1 is 1.24 bits per heavy atom. The molecule has 3 rings (SSSR count). The van der Waals surface area contributed by atoms with Crippen molar-refractivity contribution in [1.82, 2.24) is 4.90 Å². The van der Waals surface area contributed by atoms with Crippen LogP contribution in [-0.4, -0.2) is 52.4 Å². The minimum atomic E-state index is -1.00. The minimum Gasteiger partial charge on any atom is -0.493 e. The van der Waals surface area contributed by atoms with Crippen LogP contribution >= 0.6 is 35.6 Å². The molecule has 178 valence electrons. The van der Waals surface area contributed by atoms with Crippen LogP contribution in [0.2, 0.25) is 5.02 Å². The molecule has 34 heavy (non-hydrogen) atoms. The van der Waals surface area contributed by atoms with Gasteiger partial charge in [-0.2, -0.15) is 0 Å². The van der Waals surface area contributed by atoms with E-state index in [0.717, 1.165) is 17.3 Å². The van der Waals surface area contributed by atoms with Gasteiger partial charge in [-0.1, -0.05) is 47.7 Å². The van der Waals surface area contributed by atoms with Crippen molar-refractivity contribution in [2.45, 2.75) is 13.3 Å². The Bertz CT molecular complexity index is 1180. The largest absolute Gasteiger partial charge is 0.493 e. The molecule has 0 spiro atoms. The van der Waals surface area contributed by atoms with Gasteiger partial charge < -0.3 is 19.9 Å². The zero-order valence-corrected chi connectivity index (χ0v) is 20.7. The normalized spacial score (nSPS) is 14.4. The first-order chi connectivity index (χ1) is 16.2. The Balaban J connectivity index is 1.67. The molecule has 0 unspecified atom stereocenters. The summed E-state index contributed by atoms with van der Waals surface area (Å²) in [6, 6.07) is 10.2. The quantitative estimate of drug-likeness (QED) is 0.371. The van der Waals surface area contributed by atoms with Gasteiger partial charge in [0.15, 0.2) is 18.1 Å². The number of amides is 2. The van der Waals surface area contributed by atoms with Gasteiger partial charge in [-0.15, -0.1) is 0 Å². The number of halogens is 1. The second-order valence-corrected chi connectivity index (χ2v) is 9.30. The predicted octanol–water partition coefficient (Wildman–Crippen LogP) is 4.35. The van der Waals surface area contributed by atoms with E-state index in [0.29, 0.717) is 37.0 Å². The Morgan fingerprint density at radius 2 is 2.00 bits per heavy atom. The van der Waals surface area contributed by atoms with E-state index in [1.165, 1.54) is 12.0 Å². The molecule has 0 aromatic heterocycles. The number of nitrogens with zero attached hydrogens (tertiary/aromatic N) is 1. The van der Waals surface area contributed by atoms with E-state index in [1.54, 1.807) is 42.5 Å². The summed E-state index contributed by atoms with van der Waals surface area (Å²) in [4.78, 5) is 37.3. The molecule has 1 saturated heterocycles. The molecule has 2 aromatic rings. The molecule has 0 atom stereocenters. The van der Waals surface area contributed by atoms with Crippen molar-refractivity contribution >= 4 is 69.4 Å². The van der Waals surface area contributed by atoms with E-state index >= 15 is 0 Å². The summed E-state index contributed by atoms with van der Waals surface area (Å²) in [7, 11) is 1.47. The molecule has 0 bridgehead atoms. The summed E-state index contributed by atoms with van der Waals surface area (Å²) >= 11 is 12.3. The molecular weight excluding hydrogens is 500 g/mol. The fourth-order valence-corrected chi connectivity index (χ4v) is 4.48. The summed E-state index contributed by atoms with van der Waals surface area (Å²) in [6.07, 6.45) is 1.45. The molecule has 11 heteroatoms. The third-order valence-corrected chi connectivity index (χ3v) is 6.35. The Morgan fingerprint density at radius 3 is 2.71 bits per heavy atom. The van der Waals surface area contributed by atoms with Crippen LogP contribution in [0.4, 0.5) is 5.69 Å². The lowest BCUT2D eigenvalue weighted by atomic mass is 10.2. The second-order valence-electron chi connectivity index (χ2n) is 7.18. The van der Waals surface area contributed by atoms with Crippen LogP contribution in [0.3, 0.4) is 0 Å². The number of carbonyl (C=O) groups excluding carboxylic acids is 2. The fraction of sp³-hybridized carbons (Fsp3) is 0.217. The average molecular weight is 521 g/mol. The monoisotopic (exact) mass is 520 g/mol. The molecule has 1 fully saturated rings. The number of rotatable bonds is 9. The molecule has 1 aliphatic rings.